The van der Waals surface area contributed by atoms with Gasteiger partial charge in [-0.1, -0.05) is 19.1 Å². The van der Waals surface area contributed by atoms with Crippen molar-refractivity contribution in [1.29, 1.82) is 0 Å². The van der Waals surface area contributed by atoms with Crippen molar-refractivity contribution in [2.24, 2.45) is 0 Å². The van der Waals surface area contributed by atoms with E-state index in [4.69, 9.17) is 12.2 Å². The van der Waals surface area contributed by atoms with Crippen molar-refractivity contribution in [1.82, 2.24) is 19.5 Å². The molecule has 0 aliphatic carbocycles. The summed E-state index contributed by atoms with van der Waals surface area (Å²) in [5.74, 6) is 0. The van der Waals surface area contributed by atoms with Crippen molar-refractivity contribution < 1.29 is 0 Å². The van der Waals surface area contributed by atoms with Gasteiger partial charge in [0.05, 0.1) is 12.0 Å². The van der Waals surface area contributed by atoms with Crippen LogP contribution in [-0.2, 0) is 6.42 Å². The third-order valence-corrected chi connectivity index (χ3v) is 3.34. The van der Waals surface area contributed by atoms with Gasteiger partial charge in [-0.05, 0) is 36.3 Å². The van der Waals surface area contributed by atoms with Gasteiger partial charge in [0.15, 0.2) is 10.4 Å². The molecule has 1 aromatic carbocycles. The van der Waals surface area contributed by atoms with E-state index in [1.54, 1.807) is 4.57 Å². The Labute approximate surface area is 113 Å². The maximum absolute atomic E-state index is 11.8. The first-order chi connectivity index (χ1) is 9.20. The first-order valence-electron chi connectivity index (χ1n) is 5.98. The van der Waals surface area contributed by atoms with Crippen LogP contribution in [0.4, 0.5) is 0 Å². The number of aromatic amines is 2. The third-order valence-electron chi connectivity index (χ3n) is 3.06. The Kier molecular flexibility index (Phi) is 2.79. The van der Waals surface area contributed by atoms with Crippen LogP contribution in [0.25, 0.3) is 16.9 Å². The number of fused-ring (bicyclic) bond motifs is 1. The summed E-state index contributed by atoms with van der Waals surface area (Å²) in [4.78, 5) is 21.4. The summed E-state index contributed by atoms with van der Waals surface area (Å²) < 4.78 is 2.11. The smallest absolute Gasteiger partial charge is 0.277 e. The minimum Gasteiger partial charge on any atom is -0.339 e. The maximum Gasteiger partial charge on any atom is 0.277 e. The molecule has 0 aliphatic heterocycles. The number of nitrogens with zero attached hydrogens (tertiary/aromatic N) is 2. The largest absolute Gasteiger partial charge is 0.339 e. The van der Waals surface area contributed by atoms with E-state index in [1.807, 2.05) is 18.2 Å². The van der Waals surface area contributed by atoms with Crippen LogP contribution in [0.15, 0.2) is 35.4 Å². The van der Waals surface area contributed by atoms with Crippen LogP contribution in [0, 0.1) is 4.77 Å². The Morgan fingerprint density at radius 3 is 3.05 bits per heavy atom. The second-order valence-electron chi connectivity index (χ2n) is 4.22. The van der Waals surface area contributed by atoms with Gasteiger partial charge in [-0.15, -0.1) is 0 Å². The quantitative estimate of drug-likeness (QED) is 0.704. The summed E-state index contributed by atoms with van der Waals surface area (Å²) in [6, 6.07) is 8.02. The first-order valence-corrected chi connectivity index (χ1v) is 6.39. The molecule has 0 bridgehead atoms. The van der Waals surface area contributed by atoms with E-state index in [1.165, 1.54) is 11.9 Å². The van der Waals surface area contributed by atoms with Gasteiger partial charge in [-0.2, -0.15) is 0 Å². The Morgan fingerprint density at radius 1 is 1.42 bits per heavy atom. The monoisotopic (exact) mass is 272 g/mol. The van der Waals surface area contributed by atoms with E-state index in [0.29, 0.717) is 15.9 Å². The van der Waals surface area contributed by atoms with Gasteiger partial charge in [0.2, 0.25) is 0 Å². The highest BCUT2D eigenvalue weighted by Crippen LogP contribution is 2.15. The molecule has 0 fully saturated rings. The predicted molar refractivity (Wildman–Crippen MR) is 76.3 cm³/mol. The van der Waals surface area contributed by atoms with Crippen molar-refractivity contribution in [3.05, 3.63) is 51.3 Å². The number of nitrogens with one attached hydrogen (secondary N) is 2. The maximum atomic E-state index is 11.8. The van der Waals surface area contributed by atoms with Crippen LogP contribution < -0.4 is 5.56 Å². The summed E-state index contributed by atoms with van der Waals surface area (Å²) >= 11 is 5.25. The standard InChI is InChI=1S/C13H12N4OS/c1-2-8-4-3-5-9(6-8)17-11-10(14-7-15-11)12(18)16-13(17)19/h3-7H,2H2,1H3,(H,14,15)(H,16,18,19). The van der Waals surface area contributed by atoms with E-state index < -0.39 is 0 Å². The lowest BCUT2D eigenvalue weighted by Gasteiger charge is -2.08. The molecule has 0 unspecified atom stereocenters. The molecule has 6 heteroatoms. The number of aryl methyl sites for hydroxylation is 1. The van der Waals surface area contributed by atoms with Gasteiger partial charge in [0.25, 0.3) is 5.56 Å². The zero-order valence-corrected chi connectivity index (χ0v) is 11.1. The van der Waals surface area contributed by atoms with Gasteiger partial charge < -0.3 is 4.98 Å². The molecule has 5 nitrogen and oxygen atoms in total. The average molecular weight is 272 g/mol. The molecule has 0 spiro atoms. The van der Waals surface area contributed by atoms with Crippen LogP contribution >= 0.6 is 12.2 Å². The number of hydrogen-bond donors (Lipinski definition) is 2. The van der Waals surface area contributed by atoms with Crippen molar-refractivity contribution in [3.63, 3.8) is 0 Å². The van der Waals surface area contributed by atoms with Crippen molar-refractivity contribution in [2.75, 3.05) is 0 Å². The van der Waals surface area contributed by atoms with Gasteiger partial charge in [0.1, 0.15) is 5.52 Å². The summed E-state index contributed by atoms with van der Waals surface area (Å²) in [7, 11) is 0. The second-order valence-corrected chi connectivity index (χ2v) is 4.61. The van der Waals surface area contributed by atoms with E-state index in [-0.39, 0.29) is 5.56 Å². The summed E-state index contributed by atoms with van der Waals surface area (Å²) in [6.45, 7) is 2.09. The first kappa shape index (κ1) is 11.9. The highest BCUT2D eigenvalue weighted by atomic mass is 32.1. The second kappa shape index (κ2) is 4.47. The lowest BCUT2D eigenvalue weighted by atomic mass is 10.1. The Balaban J connectivity index is 2.39. The minimum absolute atomic E-state index is 0.250. The number of benzene rings is 1. The molecule has 3 rings (SSSR count). The lowest BCUT2D eigenvalue weighted by molar-refractivity contribution is 0.968. The Hall–Kier alpha value is -2.21. The van der Waals surface area contributed by atoms with E-state index >= 15 is 0 Å². The highest BCUT2D eigenvalue weighted by molar-refractivity contribution is 7.71. The molecule has 2 N–H and O–H groups in total. The van der Waals surface area contributed by atoms with Crippen LogP contribution in [0.1, 0.15) is 12.5 Å². The number of H-pyrrole nitrogens is 2. The van der Waals surface area contributed by atoms with Gasteiger partial charge in [-0.3, -0.25) is 14.3 Å². The van der Waals surface area contributed by atoms with E-state index in [2.05, 4.69) is 27.9 Å². The molecule has 2 aromatic heterocycles. The van der Waals surface area contributed by atoms with Crippen molar-refractivity contribution in [2.45, 2.75) is 13.3 Å². The number of imidazole rings is 1. The zero-order chi connectivity index (χ0) is 13.4. The van der Waals surface area contributed by atoms with Crippen LogP contribution in [0.5, 0.6) is 0 Å². The highest BCUT2D eigenvalue weighted by Gasteiger charge is 2.09. The molecule has 96 valence electrons. The summed E-state index contributed by atoms with van der Waals surface area (Å²) in [5.41, 5.74) is 2.82. The molecule has 0 atom stereocenters. The van der Waals surface area contributed by atoms with Crippen molar-refractivity contribution in [3.8, 4) is 5.69 Å². The normalized spacial score (nSPS) is 11.0. The molecule has 0 radical (unpaired) electrons. The van der Waals surface area contributed by atoms with Gasteiger partial charge in [-0.25, -0.2) is 4.98 Å². The van der Waals surface area contributed by atoms with Gasteiger partial charge >= 0.3 is 0 Å². The number of hydrogen-bond acceptors (Lipinski definition) is 3. The SMILES string of the molecule is CCc1cccc(-n2c(=S)[nH]c(=O)c3[nH]cnc32)c1. The fraction of sp³-hybridized carbons (Fsp3) is 0.154. The molecule has 2 heterocycles. The number of rotatable bonds is 2. The fourth-order valence-corrected chi connectivity index (χ4v) is 2.37. The number of aromatic nitrogens is 4. The Bertz CT molecular complexity index is 859. The molecular formula is C13H12N4OS. The van der Waals surface area contributed by atoms with Crippen molar-refractivity contribution >= 4 is 23.4 Å². The molecule has 3 aromatic rings. The van der Waals surface area contributed by atoms with Gasteiger partial charge in [0, 0.05) is 0 Å². The van der Waals surface area contributed by atoms with E-state index in [9.17, 15) is 4.79 Å². The summed E-state index contributed by atoms with van der Waals surface area (Å²) in [5, 5.41) is 0. The Morgan fingerprint density at radius 2 is 2.26 bits per heavy atom. The third kappa shape index (κ3) is 1.90. The van der Waals surface area contributed by atoms with E-state index in [0.717, 1.165) is 12.1 Å². The minimum atomic E-state index is -0.250. The molecular weight excluding hydrogens is 260 g/mol. The molecule has 19 heavy (non-hydrogen) atoms. The van der Waals surface area contributed by atoms with Crippen LogP contribution in [-0.4, -0.2) is 19.5 Å². The fourth-order valence-electron chi connectivity index (χ4n) is 2.09. The molecule has 0 saturated heterocycles. The topological polar surface area (TPSA) is 66.5 Å². The summed E-state index contributed by atoms with van der Waals surface area (Å²) in [6.07, 6.45) is 2.43. The zero-order valence-electron chi connectivity index (χ0n) is 10.3. The average Bonchev–Trinajstić information content (AvgIpc) is 2.88. The lowest BCUT2D eigenvalue weighted by Crippen LogP contribution is -2.13. The predicted octanol–water partition coefficient (Wildman–Crippen LogP) is 2.33. The van der Waals surface area contributed by atoms with Crippen LogP contribution in [0.3, 0.4) is 0 Å². The molecule has 0 amide bonds. The molecule has 0 saturated carbocycles. The van der Waals surface area contributed by atoms with Crippen LogP contribution in [0.2, 0.25) is 0 Å². The molecule has 0 aliphatic rings.